The number of hydrogen-bond donors (Lipinski definition) is 2. The topological polar surface area (TPSA) is 88.5 Å². The van der Waals surface area contributed by atoms with E-state index in [-0.39, 0.29) is 12.0 Å². The number of methoxy groups -OCH3 is 1. The Hall–Kier alpha value is -2.25. The van der Waals surface area contributed by atoms with Crippen molar-refractivity contribution < 1.29 is 30.9 Å². The summed E-state index contributed by atoms with van der Waals surface area (Å²) in [5.41, 5.74) is -0.0138. The highest BCUT2D eigenvalue weighted by molar-refractivity contribution is 5.70. The van der Waals surface area contributed by atoms with E-state index in [1.807, 2.05) is 6.08 Å². The number of ether oxygens (including phenoxy) is 2. The fraction of sp³-hybridized carbons (Fsp3) is 0.526. The molecule has 0 unspecified atom stereocenters. The largest absolute Gasteiger partial charge is 0.493 e. The van der Waals surface area contributed by atoms with E-state index in [0.717, 1.165) is 11.1 Å². The molecule has 7 nitrogen and oxygen atoms in total. The minimum Gasteiger partial charge on any atom is -0.493 e. The van der Waals surface area contributed by atoms with Crippen LogP contribution in [0.2, 0.25) is 0 Å². The van der Waals surface area contributed by atoms with E-state index in [1.165, 1.54) is 4.90 Å². The summed E-state index contributed by atoms with van der Waals surface area (Å²) in [5.74, 6) is 0.975. The van der Waals surface area contributed by atoms with E-state index in [9.17, 15) is 9.90 Å². The van der Waals surface area contributed by atoms with E-state index in [0.29, 0.717) is 36.9 Å². The Morgan fingerprint density at radius 1 is 1.54 bits per heavy atom. The van der Waals surface area contributed by atoms with Crippen LogP contribution in [0.1, 0.15) is 25.8 Å². The van der Waals surface area contributed by atoms with Crippen molar-refractivity contribution in [2.24, 2.45) is 5.92 Å². The molecule has 2 bridgehead atoms. The molecule has 1 saturated heterocycles. The van der Waals surface area contributed by atoms with E-state index in [2.05, 4.69) is 4.89 Å². The van der Waals surface area contributed by atoms with E-state index in [1.54, 1.807) is 26.2 Å². The van der Waals surface area contributed by atoms with Crippen LogP contribution in [-0.2, 0) is 16.7 Å². The Kier molecular flexibility index (Phi) is 2.82. The third-order valence-electron chi connectivity index (χ3n) is 6.59. The molecule has 0 saturated carbocycles. The molecule has 138 valence electrons. The molecule has 1 amide bonds. The molecular formula is C19H21NO6. The second-order valence-electron chi connectivity index (χ2n) is 7.76. The molecule has 1 spiro atoms. The van der Waals surface area contributed by atoms with Crippen LogP contribution in [0, 0.1) is 5.92 Å². The van der Waals surface area contributed by atoms with Gasteiger partial charge in [0.25, 0.3) is 0 Å². The maximum absolute atomic E-state index is 12.1. The molecule has 1 aromatic carbocycles. The number of nitrogens with zero attached hydrogens (tertiary/aromatic N) is 1. The summed E-state index contributed by atoms with van der Waals surface area (Å²) in [6.07, 6.45) is 3.32. The first-order valence-corrected chi connectivity index (χ1v) is 8.76. The number of rotatable bonds is 1. The van der Waals surface area contributed by atoms with Crippen molar-refractivity contribution >= 4 is 6.09 Å². The number of aliphatic hydroxyl groups is 1. The lowest BCUT2D eigenvalue weighted by molar-refractivity contribution is -0.195. The minimum absolute atomic E-state index is 0.115. The van der Waals surface area contributed by atoms with Crippen LogP contribution in [0.4, 0.5) is 4.79 Å². The van der Waals surface area contributed by atoms with Gasteiger partial charge >= 0.3 is 6.09 Å². The van der Waals surface area contributed by atoms with Gasteiger partial charge in [0.05, 0.1) is 8.48 Å². The van der Waals surface area contributed by atoms with Crippen molar-refractivity contribution in [1.82, 2.24) is 4.90 Å². The Bertz CT molecular complexity index is 883. The summed E-state index contributed by atoms with van der Waals surface area (Å²) in [6, 6.07) is 1.66. The molecular weight excluding hydrogens is 338 g/mol. The molecule has 2 aliphatic carbocycles. The standard InChI is InChI=1S/C19H21NO6/c1-18(22)6-5-11-12-9-10-3-4-13(24-2)15-14(10)19(11,16(18)25-15)7-8-20(12)17(21)26-23/h3-6,11-12,16,22-23H,7-9H2,1-2H3/t11-,12+,16-,18-,19-/m0/s1/i3D. The Morgan fingerprint density at radius 3 is 3.08 bits per heavy atom. The highest BCUT2D eigenvalue weighted by Gasteiger charge is 2.67. The number of likely N-dealkylation sites (tertiary alicyclic amines) is 1. The maximum Gasteiger partial charge on any atom is 0.441 e. The Balaban J connectivity index is 1.79. The van der Waals surface area contributed by atoms with Crippen LogP contribution in [0.25, 0.3) is 0 Å². The SMILES string of the molecule is [2H]c1cc(OC)c2c3c1C[C@@H]1[C@@H]4C=C[C@](C)(O)[C@H](O2)[C@]34CCN1C(=O)OO. The van der Waals surface area contributed by atoms with Gasteiger partial charge in [0, 0.05) is 29.5 Å². The number of carbonyl (C=O) groups excluding carboxylic acids is 1. The number of carbonyl (C=O) groups is 1. The second-order valence-corrected chi connectivity index (χ2v) is 7.76. The lowest BCUT2D eigenvalue weighted by Crippen LogP contribution is -2.68. The summed E-state index contributed by atoms with van der Waals surface area (Å²) < 4.78 is 20.3. The highest BCUT2D eigenvalue weighted by Crippen LogP contribution is 2.64. The van der Waals surface area contributed by atoms with Gasteiger partial charge in [0.1, 0.15) is 11.7 Å². The first-order chi connectivity index (χ1) is 12.8. The second kappa shape index (κ2) is 4.92. The van der Waals surface area contributed by atoms with Crippen molar-refractivity contribution in [2.75, 3.05) is 13.7 Å². The molecule has 4 aliphatic rings. The quantitative estimate of drug-likeness (QED) is 0.452. The Labute approximate surface area is 152 Å². The summed E-state index contributed by atoms with van der Waals surface area (Å²) in [5, 5.41) is 20.0. The van der Waals surface area contributed by atoms with Gasteiger partial charge in [-0.15, -0.1) is 0 Å². The van der Waals surface area contributed by atoms with Gasteiger partial charge in [0.2, 0.25) is 0 Å². The molecule has 2 aliphatic heterocycles. The average molecular weight is 360 g/mol. The highest BCUT2D eigenvalue weighted by atomic mass is 17.1. The monoisotopic (exact) mass is 360 g/mol. The summed E-state index contributed by atoms with van der Waals surface area (Å²) in [7, 11) is 1.54. The molecule has 2 heterocycles. The summed E-state index contributed by atoms with van der Waals surface area (Å²) in [6.45, 7) is 2.09. The van der Waals surface area contributed by atoms with Crippen LogP contribution in [0.5, 0.6) is 11.5 Å². The van der Waals surface area contributed by atoms with Crippen LogP contribution >= 0.6 is 0 Å². The predicted molar refractivity (Wildman–Crippen MR) is 90.3 cm³/mol. The summed E-state index contributed by atoms with van der Waals surface area (Å²) in [4.78, 5) is 17.7. The minimum atomic E-state index is -1.19. The van der Waals surface area contributed by atoms with Gasteiger partial charge in [-0.1, -0.05) is 18.2 Å². The molecule has 5 atom stereocenters. The van der Waals surface area contributed by atoms with Crippen molar-refractivity contribution in [1.29, 1.82) is 0 Å². The molecule has 7 heteroatoms. The van der Waals surface area contributed by atoms with Gasteiger partial charge in [-0.25, -0.2) is 4.79 Å². The summed E-state index contributed by atoms with van der Waals surface area (Å²) >= 11 is 0. The number of benzene rings is 1. The third-order valence-corrected chi connectivity index (χ3v) is 6.59. The zero-order valence-corrected chi connectivity index (χ0v) is 14.6. The maximum atomic E-state index is 12.1. The molecule has 1 fully saturated rings. The number of hydrogen-bond acceptors (Lipinski definition) is 6. The zero-order valence-electron chi connectivity index (χ0n) is 15.6. The molecule has 0 aromatic heterocycles. The van der Waals surface area contributed by atoms with Gasteiger partial charge < -0.3 is 19.5 Å². The van der Waals surface area contributed by atoms with Crippen molar-refractivity contribution in [3.8, 4) is 11.5 Å². The number of piperidine rings is 1. The normalized spacial score (nSPS) is 39.0. The first-order valence-electron chi connectivity index (χ1n) is 9.26. The average Bonchev–Trinajstić information content (AvgIpc) is 2.99. The predicted octanol–water partition coefficient (Wildman–Crippen LogP) is 1.87. The molecule has 2 N–H and O–H groups in total. The van der Waals surface area contributed by atoms with Crippen LogP contribution in [0.15, 0.2) is 24.3 Å². The van der Waals surface area contributed by atoms with Crippen molar-refractivity contribution in [3.05, 3.63) is 35.4 Å². The fourth-order valence-electron chi connectivity index (χ4n) is 5.65. The van der Waals surface area contributed by atoms with Crippen LogP contribution in [-0.4, -0.2) is 52.8 Å². The van der Waals surface area contributed by atoms with Crippen molar-refractivity contribution in [3.63, 3.8) is 0 Å². The zero-order chi connectivity index (χ0) is 19.1. The van der Waals surface area contributed by atoms with Gasteiger partial charge in [-0.3, -0.25) is 4.89 Å². The van der Waals surface area contributed by atoms with Gasteiger partial charge in [-0.2, -0.15) is 5.26 Å². The fourth-order valence-corrected chi connectivity index (χ4v) is 5.65. The van der Waals surface area contributed by atoms with Crippen molar-refractivity contribution in [2.45, 2.75) is 42.9 Å². The van der Waals surface area contributed by atoms with Gasteiger partial charge in [0.15, 0.2) is 11.5 Å². The third kappa shape index (κ3) is 1.68. The van der Waals surface area contributed by atoms with E-state index < -0.39 is 23.2 Å². The lowest BCUT2D eigenvalue weighted by atomic mass is 9.51. The number of amides is 1. The smallest absolute Gasteiger partial charge is 0.441 e. The van der Waals surface area contributed by atoms with Crippen LogP contribution < -0.4 is 9.47 Å². The Morgan fingerprint density at radius 2 is 2.35 bits per heavy atom. The molecule has 1 aromatic rings. The molecule has 0 radical (unpaired) electrons. The van der Waals surface area contributed by atoms with E-state index in [4.69, 9.17) is 16.1 Å². The lowest BCUT2D eigenvalue weighted by Gasteiger charge is -2.58. The van der Waals surface area contributed by atoms with E-state index >= 15 is 0 Å². The molecule has 26 heavy (non-hydrogen) atoms. The molecule has 5 rings (SSSR count). The van der Waals surface area contributed by atoms with Gasteiger partial charge in [-0.05, 0) is 31.4 Å². The van der Waals surface area contributed by atoms with Crippen LogP contribution in [0.3, 0.4) is 0 Å². The first kappa shape index (κ1) is 14.9.